The van der Waals surface area contributed by atoms with Gasteiger partial charge in [0.05, 0.1) is 0 Å². The fraction of sp³-hybridized carbons (Fsp3) is 1.00. The van der Waals surface area contributed by atoms with Crippen LogP contribution in [0.5, 0.6) is 0 Å². The Hall–Kier alpha value is -0.0800. The standard InChI is InChI=1S/C15H28N2/c1-13-14(4-9-16-13)12-17-10-7-15(8-11-17)5-2-3-6-15/h13-14,16H,2-12H2,1H3. The molecule has 2 aliphatic heterocycles. The molecule has 98 valence electrons. The van der Waals surface area contributed by atoms with Crippen molar-refractivity contribution in [1.29, 1.82) is 0 Å². The van der Waals surface area contributed by atoms with Crippen molar-refractivity contribution in [2.24, 2.45) is 11.3 Å². The third-order valence-electron chi connectivity index (χ3n) is 5.76. The number of hydrogen-bond donors (Lipinski definition) is 1. The average molecular weight is 236 g/mol. The van der Waals surface area contributed by atoms with Gasteiger partial charge in [0.25, 0.3) is 0 Å². The topological polar surface area (TPSA) is 15.3 Å². The normalized spacial score (nSPS) is 37.9. The summed E-state index contributed by atoms with van der Waals surface area (Å²) in [6.07, 6.45) is 10.4. The van der Waals surface area contributed by atoms with Crippen molar-refractivity contribution >= 4 is 0 Å². The Labute approximate surface area is 106 Å². The Balaban J connectivity index is 1.48. The van der Waals surface area contributed by atoms with E-state index < -0.39 is 0 Å². The number of hydrogen-bond acceptors (Lipinski definition) is 2. The summed E-state index contributed by atoms with van der Waals surface area (Å²) in [5, 5.41) is 3.58. The third-order valence-corrected chi connectivity index (χ3v) is 5.76. The molecule has 3 fully saturated rings. The lowest BCUT2D eigenvalue weighted by molar-refractivity contribution is 0.0945. The minimum Gasteiger partial charge on any atom is -0.314 e. The maximum Gasteiger partial charge on any atom is 0.00796 e. The van der Waals surface area contributed by atoms with Crippen molar-refractivity contribution in [3.8, 4) is 0 Å². The maximum absolute atomic E-state index is 3.58. The Kier molecular flexibility index (Phi) is 3.45. The van der Waals surface area contributed by atoms with E-state index in [9.17, 15) is 0 Å². The molecule has 2 heteroatoms. The van der Waals surface area contributed by atoms with Crippen molar-refractivity contribution < 1.29 is 0 Å². The first kappa shape index (κ1) is 12.0. The van der Waals surface area contributed by atoms with Gasteiger partial charge in [0.15, 0.2) is 0 Å². The summed E-state index contributed by atoms with van der Waals surface area (Å²) in [5.74, 6) is 0.910. The molecular formula is C15H28N2. The van der Waals surface area contributed by atoms with Crippen LogP contribution in [-0.4, -0.2) is 37.1 Å². The van der Waals surface area contributed by atoms with Crippen LogP contribution in [0.4, 0.5) is 0 Å². The highest BCUT2D eigenvalue weighted by Crippen LogP contribution is 2.46. The summed E-state index contributed by atoms with van der Waals surface area (Å²) in [4.78, 5) is 2.75. The van der Waals surface area contributed by atoms with Crippen LogP contribution in [0.3, 0.4) is 0 Å². The van der Waals surface area contributed by atoms with Crippen molar-refractivity contribution in [2.75, 3.05) is 26.2 Å². The van der Waals surface area contributed by atoms with E-state index in [0.717, 1.165) is 17.4 Å². The lowest BCUT2D eigenvalue weighted by Gasteiger charge is -2.40. The second-order valence-corrected chi connectivity index (χ2v) is 6.80. The first-order chi connectivity index (χ1) is 8.27. The summed E-state index contributed by atoms with van der Waals surface area (Å²) >= 11 is 0. The molecule has 0 amide bonds. The van der Waals surface area contributed by atoms with Gasteiger partial charge in [0.1, 0.15) is 0 Å². The predicted molar refractivity (Wildman–Crippen MR) is 72.1 cm³/mol. The Bertz CT molecular complexity index is 248. The summed E-state index contributed by atoms with van der Waals surface area (Å²) in [6.45, 7) is 7.71. The first-order valence-corrected chi connectivity index (χ1v) is 7.73. The predicted octanol–water partition coefficient (Wildman–Crippen LogP) is 2.64. The molecule has 2 nitrogen and oxygen atoms in total. The molecule has 1 N–H and O–H groups in total. The molecule has 2 unspecified atom stereocenters. The van der Waals surface area contributed by atoms with E-state index in [-0.39, 0.29) is 0 Å². The quantitative estimate of drug-likeness (QED) is 0.793. The summed E-state index contributed by atoms with van der Waals surface area (Å²) in [5.41, 5.74) is 0.788. The zero-order valence-electron chi connectivity index (χ0n) is 11.4. The maximum atomic E-state index is 3.58. The highest BCUT2D eigenvalue weighted by molar-refractivity contribution is 4.91. The van der Waals surface area contributed by atoms with Gasteiger partial charge in [-0.25, -0.2) is 0 Å². The summed E-state index contributed by atoms with van der Waals surface area (Å²) in [7, 11) is 0. The third kappa shape index (κ3) is 2.53. The molecule has 3 aliphatic rings. The highest BCUT2D eigenvalue weighted by Gasteiger charge is 2.37. The van der Waals surface area contributed by atoms with Gasteiger partial charge < -0.3 is 10.2 Å². The summed E-state index contributed by atoms with van der Waals surface area (Å²) in [6, 6.07) is 0.748. The average Bonchev–Trinajstić information content (AvgIpc) is 2.94. The van der Waals surface area contributed by atoms with Gasteiger partial charge in [0, 0.05) is 12.6 Å². The number of likely N-dealkylation sites (tertiary alicyclic amines) is 1. The number of nitrogens with one attached hydrogen (secondary N) is 1. The van der Waals surface area contributed by atoms with Crippen molar-refractivity contribution in [2.45, 2.75) is 57.9 Å². The van der Waals surface area contributed by atoms with Crippen molar-refractivity contribution in [3.05, 3.63) is 0 Å². The van der Waals surface area contributed by atoms with Crippen LogP contribution in [0.15, 0.2) is 0 Å². The second kappa shape index (κ2) is 4.89. The molecule has 1 aliphatic carbocycles. The number of nitrogens with zero attached hydrogens (tertiary/aromatic N) is 1. The van der Waals surface area contributed by atoms with E-state index in [1.807, 2.05) is 0 Å². The molecule has 0 aromatic heterocycles. The molecule has 3 rings (SSSR count). The van der Waals surface area contributed by atoms with Gasteiger partial charge in [-0.3, -0.25) is 0 Å². The number of piperidine rings is 1. The smallest absolute Gasteiger partial charge is 0.00796 e. The Morgan fingerprint density at radius 2 is 1.82 bits per heavy atom. The van der Waals surface area contributed by atoms with Gasteiger partial charge in [-0.05, 0) is 70.0 Å². The second-order valence-electron chi connectivity index (χ2n) is 6.80. The molecule has 0 bridgehead atoms. The largest absolute Gasteiger partial charge is 0.314 e. The van der Waals surface area contributed by atoms with Crippen LogP contribution >= 0.6 is 0 Å². The van der Waals surface area contributed by atoms with E-state index in [1.54, 1.807) is 0 Å². The SMILES string of the molecule is CC1NCCC1CN1CCC2(CCCC2)CC1. The van der Waals surface area contributed by atoms with Gasteiger partial charge in [-0.1, -0.05) is 12.8 Å². The van der Waals surface area contributed by atoms with Crippen LogP contribution < -0.4 is 5.32 Å². The van der Waals surface area contributed by atoms with Gasteiger partial charge >= 0.3 is 0 Å². The number of rotatable bonds is 2. The zero-order chi connectivity index (χ0) is 11.7. The molecule has 1 saturated carbocycles. The molecule has 2 atom stereocenters. The molecule has 0 aromatic rings. The monoisotopic (exact) mass is 236 g/mol. The van der Waals surface area contributed by atoms with Crippen molar-refractivity contribution in [3.63, 3.8) is 0 Å². The Morgan fingerprint density at radius 1 is 1.12 bits per heavy atom. The van der Waals surface area contributed by atoms with Gasteiger partial charge in [-0.2, -0.15) is 0 Å². The first-order valence-electron chi connectivity index (χ1n) is 7.73. The fourth-order valence-corrected chi connectivity index (χ4v) is 4.33. The van der Waals surface area contributed by atoms with Crippen LogP contribution in [-0.2, 0) is 0 Å². The van der Waals surface area contributed by atoms with Crippen molar-refractivity contribution in [1.82, 2.24) is 10.2 Å². The lowest BCUT2D eigenvalue weighted by Crippen LogP contribution is -2.42. The molecule has 0 aromatic carbocycles. The Morgan fingerprint density at radius 3 is 2.41 bits per heavy atom. The van der Waals surface area contributed by atoms with E-state index in [1.165, 1.54) is 71.1 Å². The summed E-state index contributed by atoms with van der Waals surface area (Å²) < 4.78 is 0. The zero-order valence-corrected chi connectivity index (χ0v) is 11.4. The highest BCUT2D eigenvalue weighted by atomic mass is 15.1. The minimum absolute atomic E-state index is 0.748. The van der Waals surface area contributed by atoms with Gasteiger partial charge in [0.2, 0.25) is 0 Å². The van der Waals surface area contributed by atoms with Gasteiger partial charge in [-0.15, -0.1) is 0 Å². The molecule has 2 saturated heterocycles. The molecule has 1 spiro atoms. The molecule has 0 radical (unpaired) electrons. The minimum atomic E-state index is 0.748. The van der Waals surface area contributed by atoms with E-state index in [4.69, 9.17) is 0 Å². The van der Waals surface area contributed by atoms with E-state index in [2.05, 4.69) is 17.1 Å². The van der Waals surface area contributed by atoms with Crippen LogP contribution in [0.2, 0.25) is 0 Å². The molecule has 2 heterocycles. The van der Waals surface area contributed by atoms with Crippen LogP contribution in [0.25, 0.3) is 0 Å². The van der Waals surface area contributed by atoms with Crippen LogP contribution in [0.1, 0.15) is 51.9 Å². The fourth-order valence-electron chi connectivity index (χ4n) is 4.33. The van der Waals surface area contributed by atoms with E-state index >= 15 is 0 Å². The lowest BCUT2D eigenvalue weighted by atomic mass is 9.77. The van der Waals surface area contributed by atoms with Crippen LogP contribution in [0, 0.1) is 11.3 Å². The molecule has 17 heavy (non-hydrogen) atoms. The van der Waals surface area contributed by atoms with E-state index in [0.29, 0.717) is 0 Å². The molecular weight excluding hydrogens is 208 g/mol.